The number of rotatable bonds is 2. The summed E-state index contributed by atoms with van der Waals surface area (Å²) in [6.45, 7) is 2.93. The van der Waals surface area contributed by atoms with E-state index in [9.17, 15) is 9.18 Å². The molecule has 2 aliphatic heterocycles. The van der Waals surface area contributed by atoms with E-state index in [1.807, 2.05) is 18.0 Å². The van der Waals surface area contributed by atoms with Crippen LogP contribution in [-0.4, -0.2) is 31.4 Å². The molecule has 4 rings (SSSR count). The van der Waals surface area contributed by atoms with Gasteiger partial charge in [0.15, 0.2) is 5.78 Å². The van der Waals surface area contributed by atoms with Crippen molar-refractivity contribution < 1.29 is 9.18 Å². The van der Waals surface area contributed by atoms with Gasteiger partial charge in [-0.05, 0) is 69.5 Å². The van der Waals surface area contributed by atoms with Crippen LogP contribution in [0.3, 0.4) is 0 Å². The van der Waals surface area contributed by atoms with Gasteiger partial charge in [0.05, 0.1) is 26.4 Å². The van der Waals surface area contributed by atoms with Gasteiger partial charge in [0, 0.05) is 29.7 Å². The van der Waals surface area contributed by atoms with Gasteiger partial charge in [-0.15, -0.1) is 0 Å². The molecule has 1 atom stereocenters. The number of hydrogen-bond donors (Lipinski definition) is 0. The minimum Gasteiger partial charge on any atom is -0.312 e. The van der Waals surface area contributed by atoms with Crippen LogP contribution >= 0.6 is 43.5 Å². The van der Waals surface area contributed by atoms with Gasteiger partial charge < -0.3 is 9.80 Å². The van der Waals surface area contributed by atoms with Gasteiger partial charge in [-0.3, -0.25) is 9.79 Å². The Morgan fingerprint density at radius 1 is 1.33 bits per heavy atom. The zero-order valence-corrected chi connectivity index (χ0v) is 18.5. The number of carbonyl (C=O) groups is 1. The van der Waals surface area contributed by atoms with Gasteiger partial charge in [0.25, 0.3) is 0 Å². The quantitative estimate of drug-likeness (QED) is 0.486. The minimum absolute atomic E-state index is 0.127. The van der Waals surface area contributed by atoms with Crippen molar-refractivity contribution in [3.05, 3.63) is 55.2 Å². The van der Waals surface area contributed by atoms with Crippen molar-refractivity contribution in [2.45, 2.75) is 19.4 Å². The molecule has 0 unspecified atom stereocenters. The predicted octanol–water partition coefficient (Wildman–Crippen LogP) is 5.64. The summed E-state index contributed by atoms with van der Waals surface area (Å²) in [5.41, 5.74) is 2.37. The van der Waals surface area contributed by atoms with E-state index in [-0.39, 0.29) is 16.4 Å². The molecule has 0 amide bonds. The predicted molar refractivity (Wildman–Crippen MR) is 114 cm³/mol. The van der Waals surface area contributed by atoms with Crippen molar-refractivity contribution in [2.75, 3.05) is 23.4 Å². The summed E-state index contributed by atoms with van der Waals surface area (Å²) in [7, 11) is 1.93. The zero-order chi connectivity index (χ0) is 19.5. The fourth-order valence-electron chi connectivity index (χ4n) is 3.58. The molecule has 0 aliphatic carbocycles. The molecule has 8 heteroatoms. The summed E-state index contributed by atoms with van der Waals surface area (Å²) in [6.07, 6.45) is 0.964. The van der Waals surface area contributed by atoms with Crippen LogP contribution < -0.4 is 9.80 Å². The van der Waals surface area contributed by atoms with Gasteiger partial charge in [0.1, 0.15) is 5.82 Å². The van der Waals surface area contributed by atoms with Gasteiger partial charge in [-0.25, -0.2) is 4.39 Å². The maximum atomic E-state index is 13.7. The molecule has 0 bridgehead atoms. The highest BCUT2D eigenvalue weighted by atomic mass is 79.9. The molecule has 2 aromatic rings. The SMILES string of the molecule is C[C@@H]1CCN=C2N(C)c3c(cc(Br)c(C(=O)c4cc(F)ccc4Cl)c3Br)N21. The summed E-state index contributed by atoms with van der Waals surface area (Å²) in [5.74, 6) is 0.00706. The van der Waals surface area contributed by atoms with Crippen molar-refractivity contribution in [3.63, 3.8) is 0 Å². The first-order valence-corrected chi connectivity index (χ1v) is 10.4. The van der Waals surface area contributed by atoms with Crippen LogP contribution in [0.4, 0.5) is 15.8 Å². The highest BCUT2D eigenvalue weighted by molar-refractivity contribution is 9.11. The Hall–Kier alpha value is -1.44. The monoisotopic (exact) mass is 513 g/mol. The van der Waals surface area contributed by atoms with Crippen molar-refractivity contribution in [1.29, 1.82) is 0 Å². The maximum absolute atomic E-state index is 13.7. The number of hydrogen-bond acceptors (Lipinski definition) is 4. The highest BCUT2D eigenvalue weighted by Crippen LogP contribution is 2.48. The lowest BCUT2D eigenvalue weighted by molar-refractivity contribution is 0.103. The number of benzene rings is 2. The second-order valence-corrected chi connectivity index (χ2v) is 8.67. The number of ketones is 1. The van der Waals surface area contributed by atoms with Crippen LogP contribution in [-0.2, 0) is 0 Å². The highest BCUT2D eigenvalue weighted by Gasteiger charge is 2.39. The molecule has 0 saturated carbocycles. The molecule has 0 spiro atoms. The second-order valence-electron chi connectivity index (χ2n) is 6.62. The zero-order valence-electron chi connectivity index (χ0n) is 14.6. The number of fused-ring (bicyclic) bond motifs is 3. The molecule has 0 radical (unpaired) electrons. The number of halogens is 4. The van der Waals surface area contributed by atoms with E-state index in [1.54, 1.807) is 0 Å². The third kappa shape index (κ3) is 2.91. The van der Waals surface area contributed by atoms with Crippen LogP contribution in [0.5, 0.6) is 0 Å². The number of carbonyl (C=O) groups excluding carboxylic acids is 1. The van der Waals surface area contributed by atoms with Gasteiger partial charge in [-0.2, -0.15) is 0 Å². The third-order valence-corrected chi connectivity index (χ3v) is 6.65. The Morgan fingerprint density at radius 3 is 2.81 bits per heavy atom. The van der Waals surface area contributed by atoms with Gasteiger partial charge >= 0.3 is 0 Å². The van der Waals surface area contributed by atoms with Crippen LogP contribution in [0.1, 0.15) is 29.3 Å². The van der Waals surface area contributed by atoms with Crippen molar-refractivity contribution >= 4 is 66.6 Å². The van der Waals surface area contributed by atoms with Crippen LogP contribution in [0.25, 0.3) is 0 Å². The van der Waals surface area contributed by atoms with E-state index in [0.717, 1.165) is 36.4 Å². The molecule has 2 aromatic carbocycles. The molecule has 140 valence electrons. The van der Waals surface area contributed by atoms with E-state index in [2.05, 4.69) is 48.7 Å². The Labute approximate surface area is 178 Å². The van der Waals surface area contributed by atoms with Gasteiger partial charge in [-0.1, -0.05) is 11.6 Å². The lowest BCUT2D eigenvalue weighted by Gasteiger charge is -2.31. The average molecular weight is 516 g/mol. The Bertz CT molecular complexity index is 1010. The van der Waals surface area contributed by atoms with Crippen LogP contribution in [0.15, 0.2) is 38.2 Å². The van der Waals surface area contributed by atoms with Crippen LogP contribution in [0.2, 0.25) is 5.02 Å². The number of guanidine groups is 1. The smallest absolute Gasteiger partial charge is 0.205 e. The first kappa shape index (κ1) is 18.9. The molecule has 27 heavy (non-hydrogen) atoms. The van der Waals surface area contributed by atoms with Crippen LogP contribution in [0, 0.1) is 5.82 Å². The van der Waals surface area contributed by atoms with E-state index >= 15 is 0 Å². The first-order valence-electron chi connectivity index (χ1n) is 8.40. The molecular weight excluding hydrogens is 500 g/mol. The lowest BCUT2D eigenvalue weighted by atomic mass is 10.0. The van der Waals surface area contributed by atoms with E-state index < -0.39 is 5.82 Å². The fourth-order valence-corrected chi connectivity index (χ4v) is 5.51. The molecule has 4 nitrogen and oxygen atoms in total. The topological polar surface area (TPSA) is 35.9 Å². The number of aliphatic imine (C=N–C) groups is 1. The molecule has 0 aromatic heterocycles. The maximum Gasteiger partial charge on any atom is 0.205 e. The number of anilines is 2. The van der Waals surface area contributed by atoms with E-state index in [4.69, 9.17) is 11.6 Å². The second kappa shape index (κ2) is 6.87. The first-order chi connectivity index (χ1) is 12.8. The van der Waals surface area contributed by atoms with E-state index in [0.29, 0.717) is 20.6 Å². The van der Waals surface area contributed by atoms with Crippen molar-refractivity contribution in [3.8, 4) is 0 Å². The third-order valence-electron chi connectivity index (χ3n) is 4.92. The minimum atomic E-state index is -0.506. The molecule has 2 aliphatic rings. The molecular formula is C19H15Br2ClFN3O. The molecule has 0 N–H and O–H groups in total. The normalized spacial score (nSPS) is 18.3. The summed E-state index contributed by atoms with van der Waals surface area (Å²) >= 11 is 13.3. The Morgan fingerprint density at radius 2 is 2.07 bits per heavy atom. The summed E-state index contributed by atoms with van der Waals surface area (Å²) in [5, 5.41) is 0.212. The molecule has 2 heterocycles. The average Bonchev–Trinajstić information content (AvgIpc) is 2.90. The Kier molecular flexibility index (Phi) is 4.81. The summed E-state index contributed by atoms with van der Waals surface area (Å²) < 4.78 is 14.9. The molecule has 0 saturated heterocycles. The van der Waals surface area contributed by atoms with Crippen molar-refractivity contribution in [1.82, 2.24) is 0 Å². The lowest BCUT2D eigenvalue weighted by Crippen LogP contribution is -2.45. The standard InChI is InChI=1S/C19H15Br2ClFN3O/c1-9-5-6-24-19-25(2)17-14(26(9)19)8-12(20)15(16(17)21)18(27)11-7-10(23)3-4-13(11)22/h3-4,7-9H,5-6H2,1-2H3/t9-/m1/s1. The summed E-state index contributed by atoms with van der Waals surface area (Å²) in [4.78, 5) is 22.0. The largest absolute Gasteiger partial charge is 0.312 e. The van der Waals surface area contributed by atoms with E-state index in [1.165, 1.54) is 12.1 Å². The van der Waals surface area contributed by atoms with Gasteiger partial charge in [0.2, 0.25) is 5.96 Å². The van der Waals surface area contributed by atoms with Crippen molar-refractivity contribution in [2.24, 2.45) is 4.99 Å². The number of nitrogens with zero attached hydrogens (tertiary/aromatic N) is 3. The molecule has 0 fully saturated rings. The summed E-state index contributed by atoms with van der Waals surface area (Å²) in [6, 6.07) is 6.01. The fraction of sp³-hybridized carbons (Fsp3) is 0.263. The Balaban J connectivity index is 1.90.